The lowest BCUT2D eigenvalue weighted by Crippen LogP contribution is -2.13. The second-order valence-electron chi connectivity index (χ2n) is 7.90. The van der Waals surface area contributed by atoms with Crippen LogP contribution in [0.2, 0.25) is 0 Å². The average Bonchev–Trinajstić information content (AvgIpc) is 3.16. The zero-order valence-electron chi connectivity index (χ0n) is 16.8. The summed E-state index contributed by atoms with van der Waals surface area (Å²) in [6, 6.07) is 35.1. The molecule has 1 aliphatic carbocycles. The van der Waals surface area contributed by atoms with E-state index in [1.165, 1.54) is 21.9 Å². The molecule has 5 aromatic rings. The highest BCUT2D eigenvalue weighted by Gasteiger charge is 2.30. The summed E-state index contributed by atoms with van der Waals surface area (Å²) >= 11 is 0. The monoisotopic (exact) mass is 397 g/mol. The van der Waals surface area contributed by atoms with Gasteiger partial charge in [0.25, 0.3) is 0 Å². The maximum Gasteiger partial charge on any atom is 0.249 e. The molecule has 0 saturated carbocycles. The summed E-state index contributed by atoms with van der Waals surface area (Å²) in [5.74, 6) is -0.415. The lowest BCUT2D eigenvalue weighted by molar-refractivity contribution is 0.100. The molecular weight excluding hydrogens is 378 g/mol. The third kappa shape index (κ3) is 2.55. The molecular formula is C29H19NO. The molecule has 0 bridgehead atoms. The molecule has 0 heterocycles. The molecule has 2 N–H and O–H groups in total. The summed E-state index contributed by atoms with van der Waals surface area (Å²) in [6.45, 7) is 0. The Kier molecular flexibility index (Phi) is 3.81. The first-order valence-electron chi connectivity index (χ1n) is 10.4. The first kappa shape index (κ1) is 17.7. The summed E-state index contributed by atoms with van der Waals surface area (Å²) in [4.78, 5) is 12.7. The maximum absolute atomic E-state index is 12.7. The van der Waals surface area contributed by atoms with Crippen LogP contribution in [0.1, 0.15) is 10.4 Å². The molecule has 2 nitrogen and oxygen atoms in total. The van der Waals surface area contributed by atoms with Crippen LogP contribution < -0.4 is 5.73 Å². The predicted octanol–water partition coefficient (Wildman–Crippen LogP) is 6.92. The SMILES string of the molecule is NC(=O)c1cc(-c2ccccc2)c2c(c1-c1ccccc1)-c1cccc3cccc-2c13. The van der Waals surface area contributed by atoms with Gasteiger partial charge in [-0.25, -0.2) is 0 Å². The van der Waals surface area contributed by atoms with Crippen molar-refractivity contribution in [3.8, 4) is 44.5 Å². The Morgan fingerprint density at radius 3 is 1.74 bits per heavy atom. The predicted molar refractivity (Wildman–Crippen MR) is 128 cm³/mol. The Morgan fingerprint density at radius 1 is 0.548 bits per heavy atom. The van der Waals surface area contributed by atoms with Crippen LogP contribution in [-0.2, 0) is 0 Å². The fraction of sp³-hybridized carbons (Fsp3) is 0. The molecule has 1 aliphatic rings. The first-order chi connectivity index (χ1) is 15.2. The molecule has 5 aromatic carbocycles. The molecule has 1 amide bonds. The number of carbonyl (C=O) groups is 1. The van der Waals surface area contributed by atoms with Crippen molar-refractivity contribution in [2.75, 3.05) is 0 Å². The van der Waals surface area contributed by atoms with Crippen molar-refractivity contribution in [1.29, 1.82) is 0 Å². The van der Waals surface area contributed by atoms with E-state index in [1.54, 1.807) is 0 Å². The van der Waals surface area contributed by atoms with Gasteiger partial charge in [-0.3, -0.25) is 4.79 Å². The fourth-order valence-electron chi connectivity index (χ4n) is 4.93. The Balaban J connectivity index is 1.85. The number of fused-ring (bicyclic) bond motifs is 3. The molecule has 0 unspecified atom stereocenters. The third-order valence-electron chi connectivity index (χ3n) is 6.18. The normalized spacial score (nSPS) is 11.5. The molecule has 0 radical (unpaired) electrons. The number of amides is 1. The van der Waals surface area contributed by atoms with Gasteiger partial charge in [0, 0.05) is 11.1 Å². The van der Waals surface area contributed by atoms with Crippen LogP contribution in [0.4, 0.5) is 0 Å². The number of carbonyl (C=O) groups excluding carboxylic acids is 1. The topological polar surface area (TPSA) is 43.1 Å². The number of hydrogen-bond acceptors (Lipinski definition) is 1. The van der Waals surface area contributed by atoms with Gasteiger partial charge in [-0.05, 0) is 55.8 Å². The van der Waals surface area contributed by atoms with Gasteiger partial charge in [-0.1, -0.05) is 97.1 Å². The van der Waals surface area contributed by atoms with Gasteiger partial charge in [-0.2, -0.15) is 0 Å². The van der Waals surface area contributed by atoms with Crippen LogP contribution in [0.5, 0.6) is 0 Å². The molecule has 6 rings (SSSR count). The van der Waals surface area contributed by atoms with Crippen molar-refractivity contribution >= 4 is 16.7 Å². The van der Waals surface area contributed by atoms with Gasteiger partial charge in [-0.15, -0.1) is 0 Å². The van der Waals surface area contributed by atoms with Crippen LogP contribution in [0.15, 0.2) is 103 Å². The molecule has 146 valence electrons. The van der Waals surface area contributed by atoms with E-state index in [-0.39, 0.29) is 0 Å². The van der Waals surface area contributed by atoms with Crippen LogP contribution in [-0.4, -0.2) is 5.91 Å². The van der Waals surface area contributed by atoms with Gasteiger partial charge in [0.15, 0.2) is 0 Å². The Hall–Kier alpha value is -4.17. The summed E-state index contributed by atoms with van der Waals surface area (Å²) in [7, 11) is 0. The van der Waals surface area contributed by atoms with Crippen molar-refractivity contribution in [2.45, 2.75) is 0 Å². The number of benzene rings is 5. The second-order valence-corrected chi connectivity index (χ2v) is 7.90. The van der Waals surface area contributed by atoms with E-state index in [1.807, 2.05) is 54.6 Å². The number of nitrogens with two attached hydrogens (primary N) is 1. The van der Waals surface area contributed by atoms with E-state index >= 15 is 0 Å². The van der Waals surface area contributed by atoms with E-state index in [0.29, 0.717) is 5.56 Å². The summed E-state index contributed by atoms with van der Waals surface area (Å²) < 4.78 is 0. The van der Waals surface area contributed by atoms with Gasteiger partial charge < -0.3 is 5.73 Å². The lowest BCUT2D eigenvalue weighted by atomic mass is 9.84. The smallest absolute Gasteiger partial charge is 0.249 e. The minimum absolute atomic E-state index is 0.415. The van der Waals surface area contributed by atoms with E-state index in [2.05, 4.69) is 48.5 Å². The van der Waals surface area contributed by atoms with Crippen LogP contribution in [0.3, 0.4) is 0 Å². The lowest BCUT2D eigenvalue weighted by Gasteiger charge is -2.19. The molecule has 2 heteroatoms. The van der Waals surface area contributed by atoms with E-state index in [9.17, 15) is 4.79 Å². The van der Waals surface area contributed by atoms with E-state index < -0.39 is 5.91 Å². The molecule has 0 atom stereocenters. The van der Waals surface area contributed by atoms with E-state index in [4.69, 9.17) is 5.73 Å². The number of rotatable bonds is 3. The number of primary amides is 1. The van der Waals surface area contributed by atoms with Crippen LogP contribution in [0, 0.1) is 0 Å². The van der Waals surface area contributed by atoms with Crippen molar-refractivity contribution in [3.05, 3.63) is 109 Å². The van der Waals surface area contributed by atoms with Crippen molar-refractivity contribution < 1.29 is 4.79 Å². The Labute approximate surface area is 180 Å². The highest BCUT2D eigenvalue weighted by Crippen LogP contribution is 2.55. The fourth-order valence-corrected chi connectivity index (χ4v) is 4.93. The Bertz CT molecular complexity index is 1480. The third-order valence-corrected chi connectivity index (χ3v) is 6.18. The molecule has 0 aromatic heterocycles. The molecule has 0 aliphatic heterocycles. The largest absolute Gasteiger partial charge is 0.366 e. The van der Waals surface area contributed by atoms with E-state index in [0.717, 1.165) is 33.4 Å². The molecule has 0 spiro atoms. The quantitative estimate of drug-likeness (QED) is 0.346. The van der Waals surface area contributed by atoms with Gasteiger partial charge in [0.1, 0.15) is 0 Å². The zero-order chi connectivity index (χ0) is 20.9. The highest BCUT2D eigenvalue weighted by atomic mass is 16.1. The zero-order valence-corrected chi connectivity index (χ0v) is 16.8. The van der Waals surface area contributed by atoms with Gasteiger partial charge >= 0.3 is 0 Å². The average molecular weight is 397 g/mol. The van der Waals surface area contributed by atoms with Crippen molar-refractivity contribution in [3.63, 3.8) is 0 Å². The minimum atomic E-state index is -0.415. The Morgan fingerprint density at radius 2 is 1.13 bits per heavy atom. The molecule has 0 fully saturated rings. The second kappa shape index (κ2) is 6.68. The van der Waals surface area contributed by atoms with Gasteiger partial charge in [0.05, 0.1) is 0 Å². The minimum Gasteiger partial charge on any atom is -0.366 e. The highest BCUT2D eigenvalue weighted by molar-refractivity contribution is 6.23. The number of hydrogen-bond donors (Lipinski definition) is 1. The van der Waals surface area contributed by atoms with Crippen LogP contribution >= 0.6 is 0 Å². The molecule has 0 saturated heterocycles. The first-order valence-corrected chi connectivity index (χ1v) is 10.4. The summed E-state index contributed by atoms with van der Waals surface area (Å²) in [5, 5.41) is 2.43. The standard InChI is InChI=1S/C29H19NO/c30-29(31)24-17-23(18-9-3-1-4-10-18)27-21-15-7-13-19-14-8-16-22(25(19)21)28(27)26(24)20-11-5-2-6-12-20/h1-17H,(H2,30,31). The van der Waals surface area contributed by atoms with Crippen molar-refractivity contribution in [2.24, 2.45) is 5.73 Å². The summed E-state index contributed by atoms with van der Waals surface area (Å²) in [5.41, 5.74) is 15.1. The molecule has 31 heavy (non-hydrogen) atoms. The van der Waals surface area contributed by atoms with Crippen LogP contribution in [0.25, 0.3) is 55.3 Å². The van der Waals surface area contributed by atoms with Crippen molar-refractivity contribution in [1.82, 2.24) is 0 Å². The van der Waals surface area contributed by atoms with Gasteiger partial charge in [0.2, 0.25) is 5.91 Å². The maximum atomic E-state index is 12.7. The summed E-state index contributed by atoms with van der Waals surface area (Å²) in [6.07, 6.45) is 0.